The van der Waals surface area contributed by atoms with Crippen LogP contribution in [0.1, 0.15) is 18.7 Å². The van der Waals surface area contributed by atoms with E-state index >= 15 is 0 Å². The van der Waals surface area contributed by atoms with Crippen molar-refractivity contribution >= 4 is 23.9 Å². The molecule has 0 aromatic carbocycles. The molecule has 22 heavy (non-hydrogen) atoms. The third-order valence-electron chi connectivity index (χ3n) is 3.45. The zero-order chi connectivity index (χ0) is 16.4. The lowest BCUT2D eigenvalue weighted by Gasteiger charge is -2.31. The second kappa shape index (κ2) is 10.3. The Morgan fingerprint density at radius 2 is 2.32 bits per heavy atom. The largest absolute Gasteiger partial charge is 0.483 e. The molecule has 1 aliphatic heterocycles. The highest BCUT2D eigenvalue weighted by Gasteiger charge is 2.18. The number of halogens is 1. The second-order valence-electron chi connectivity index (χ2n) is 5.14. The summed E-state index contributed by atoms with van der Waals surface area (Å²) < 4.78 is 0. The SMILES string of the molecule is Cc1ncc(Cl)c(NCCN2CCCC(CO)C2)n1.O=CO. The van der Waals surface area contributed by atoms with Crippen LogP contribution >= 0.6 is 11.6 Å². The summed E-state index contributed by atoms with van der Waals surface area (Å²) in [6.07, 6.45) is 3.92. The van der Waals surface area contributed by atoms with Crippen molar-refractivity contribution < 1.29 is 15.0 Å². The minimum Gasteiger partial charge on any atom is -0.483 e. The van der Waals surface area contributed by atoms with Crippen molar-refractivity contribution in [3.8, 4) is 0 Å². The molecule has 1 aliphatic rings. The third-order valence-corrected chi connectivity index (χ3v) is 3.72. The van der Waals surface area contributed by atoms with Gasteiger partial charge in [-0.05, 0) is 32.2 Å². The van der Waals surface area contributed by atoms with Crippen molar-refractivity contribution in [2.75, 3.05) is 38.1 Å². The van der Waals surface area contributed by atoms with Crippen LogP contribution in [0, 0.1) is 12.8 Å². The van der Waals surface area contributed by atoms with Crippen molar-refractivity contribution in [2.45, 2.75) is 19.8 Å². The molecule has 1 unspecified atom stereocenters. The summed E-state index contributed by atoms with van der Waals surface area (Å²) in [5.41, 5.74) is 0. The van der Waals surface area contributed by atoms with E-state index < -0.39 is 0 Å². The number of carboxylic acid groups (broad SMARTS) is 1. The van der Waals surface area contributed by atoms with Crippen LogP contribution in [0.3, 0.4) is 0 Å². The number of aliphatic hydroxyl groups excluding tert-OH is 1. The van der Waals surface area contributed by atoms with Crippen molar-refractivity contribution in [2.24, 2.45) is 5.92 Å². The van der Waals surface area contributed by atoms with Gasteiger partial charge in [0.1, 0.15) is 16.7 Å². The Kier molecular flexibility index (Phi) is 8.72. The summed E-state index contributed by atoms with van der Waals surface area (Å²) in [6, 6.07) is 0. The summed E-state index contributed by atoms with van der Waals surface area (Å²) in [4.78, 5) is 19.0. The first-order chi connectivity index (χ1) is 10.6. The molecule has 0 amide bonds. The summed E-state index contributed by atoms with van der Waals surface area (Å²) in [7, 11) is 0. The summed E-state index contributed by atoms with van der Waals surface area (Å²) in [5, 5.41) is 19.9. The monoisotopic (exact) mass is 330 g/mol. The van der Waals surface area contributed by atoms with Crippen LogP contribution in [0.15, 0.2) is 6.20 Å². The first kappa shape index (κ1) is 18.6. The summed E-state index contributed by atoms with van der Waals surface area (Å²) in [5.74, 6) is 1.84. The Morgan fingerprint density at radius 1 is 1.59 bits per heavy atom. The van der Waals surface area contributed by atoms with Gasteiger partial charge in [-0.25, -0.2) is 9.97 Å². The molecule has 0 bridgehead atoms. The number of likely N-dealkylation sites (tertiary alicyclic amines) is 1. The number of rotatable bonds is 5. The molecular weight excluding hydrogens is 308 g/mol. The molecule has 3 N–H and O–H groups in total. The first-order valence-electron chi connectivity index (χ1n) is 7.24. The summed E-state index contributed by atoms with van der Waals surface area (Å²) >= 11 is 6.03. The predicted molar refractivity (Wildman–Crippen MR) is 85.2 cm³/mol. The fourth-order valence-electron chi connectivity index (χ4n) is 2.42. The lowest BCUT2D eigenvalue weighted by molar-refractivity contribution is -0.122. The Balaban J connectivity index is 0.000000745. The van der Waals surface area contributed by atoms with Gasteiger partial charge in [0.25, 0.3) is 6.47 Å². The molecule has 1 saturated heterocycles. The van der Waals surface area contributed by atoms with E-state index in [1.54, 1.807) is 6.20 Å². The third kappa shape index (κ3) is 6.55. The van der Waals surface area contributed by atoms with Crippen molar-refractivity contribution in [1.82, 2.24) is 14.9 Å². The van der Waals surface area contributed by atoms with Crippen LogP contribution in [0.5, 0.6) is 0 Å². The van der Waals surface area contributed by atoms with E-state index in [-0.39, 0.29) is 6.47 Å². The lowest BCUT2D eigenvalue weighted by Crippen LogP contribution is -2.39. The number of aromatic nitrogens is 2. The zero-order valence-corrected chi connectivity index (χ0v) is 13.5. The van der Waals surface area contributed by atoms with Gasteiger partial charge in [0.2, 0.25) is 0 Å². The maximum atomic E-state index is 9.20. The van der Waals surface area contributed by atoms with Gasteiger partial charge in [-0.15, -0.1) is 0 Å². The maximum Gasteiger partial charge on any atom is 0.290 e. The smallest absolute Gasteiger partial charge is 0.290 e. The quantitative estimate of drug-likeness (QED) is 0.699. The number of hydrogen-bond acceptors (Lipinski definition) is 6. The van der Waals surface area contributed by atoms with E-state index in [2.05, 4.69) is 20.2 Å². The van der Waals surface area contributed by atoms with E-state index in [1.165, 1.54) is 6.42 Å². The van der Waals surface area contributed by atoms with Gasteiger partial charge in [0, 0.05) is 26.2 Å². The van der Waals surface area contributed by atoms with Gasteiger partial charge in [0.05, 0.1) is 6.20 Å². The molecule has 0 radical (unpaired) electrons. The highest BCUT2D eigenvalue weighted by atomic mass is 35.5. The van der Waals surface area contributed by atoms with Gasteiger partial charge in [-0.2, -0.15) is 0 Å². The normalized spacial score (nSPS) is 18.2. The molecule has 2 rings (SSSR count). The van der Waals surface area contributed by atoms with E-state index in [1.807, 2.05) is 6.92 Å². The molecule has 0 spiro atoms. The first-order valence-corrected chi connectivity index (χ1v) is 7.62. The Hall–Kier alpha value is -1.44. The van der Waals surface area contributed by atoms with Crippen LogP contribution in [0.4, 0.5) is 5.82 Å². The average molecular weight is 331 g/mol. The fourth-order valence-corrected chi connectivity index (χ4v) is 2.57. The van der Waals surface area contributed by atoms with Crippen molar-refractivity contribution in [1.29, 1.82) is 0 Å². The number of carbonyl (C=O) groups is 1. The molecule has 1 fully saturated rings. The molecule has 0 aliphatic carbocycles. The topological polar surface area (TPSA) is 98.6 Å². The minimum absolute atomic E-state index is 0.250. The average Bonchev–Trinajstić information content (AvgIpc) is 2.52. The van der Waals surface area contributed by atoms with Crippen molar-refractivity contribution in [3.63, 3.8) is 0 Å². The van der Waals surface area contributed by atoms with Gasteiger partial charge in [-0.1, -0.05) is 11.6 Å². The molecular formula is C14H23ClN4O3. The van der Waals surface area contributed by atoms with Gasteiger partial charge in [0.15, 0.2) is 0 Å². The number of nitrogens with one attached hydrogen (secondary N) is 1. The van der Waals surface area contributed by atoms with Gasteiger partial charge in [-0.3, -0.25) is 4.79 Å². The van der Waals surface area contributed by atoms with Crippen LogP contribution in [-0.4, -0.2) is 64.3 Å². The van der Waals surface area contributed by atoms with Crippen LogP contribution in [0.25, 0.3) is 0 Å². The standard InChI is InChI=1S/C13H21ClN4O.CH2O2/c1-10-16-7-12(14)13(17-10)15-4-6-18-5-2-3-11(8-18)9-19;2-1-3/h7,11,19H,2-6,8-9H2,1H3,(H,15,16,17);1H,(H,2,3). The second-order valence-corrected chi connectivity index (χ2v) is 5.54. The van der Waals surface area contributed by atoms with E-state index in [0.29, 0.717) is 29.2 Å². The maximum absolute atomic E-state index is 9.20. The number of nitrogens with zero attached hydrogens (tertiary/aromatic N) is 3. The van der Waals surface area contributed by atoms with Crippen molar-refractivity contribution in [3.05, 3.63) is 17.0 Å². The minimum atomic E-state index is -0.250. The number of aryl methyl sites for hydroxylation is 1. The Morgan fingerprint density at radius 3 is 3.00 bits per heavy atom. The summed E-state index contributed by atoms with van der Waals surface area (Å²) in [6.45, 7) is 5.71. The molecule has 7 nitrogen and oxygen atoms in total. The zero-order valence-electron chi connectivity index (χ0n) is 12.7. The number of anilines is 1. The molecule has 8 heteroatoms. The highest BCUT2D eigenvalue weighted by molar-refractivity contribution is 6.32. The van der Waals surface area contributed by atoms with Crippen LogP contribution in [-0.2, 0) is 4.79 Å². The van der Waals surface area contributed by atoms with Gasteiger partial charge < -0.3 is 20.4 Å². The van der Waals surface area contributed by atoms with E-state index in [0.717, 1.165) is 32.6 Å². The van der Waals surface area contributed by atoms with Crippen LogP contribution in [0.2, 0.25) is 5.02 Å². The Bertz CT molecular complexity index is 462. The molecule has 1 atom stereocenters. The molecule has 124 valence electrons. The number of piperidine rings is 1. The molecule has 2 heterocycles. The van der Waals surface area contributed by atoms with Crippen LogP contribution < -0.4 is 5.32 Å². The number of aliphatic hydroxyl groups is 1. The highest BCUT2D eigenvalue weighted by Crippen LogP contribution is 2.18. The molecule has 0 saturated carbocycles. The molecule has 1 aromatic rings. The Labute approximate surface area is 135 Å². The fraction of sp³-hybridized carbons (Fsp3) is 0.643. The lowest BCUT2D eigenvalue weighted by atomic mass is 9.99. The molecule has 1 aromatic heterocycles. The van der Waals surface area contributed by atoms with Gasteiger partial charge >= 0.3 is 0 Å². The predicted octanol–water partition coefficient (Wildman–Crippen LogP) is 1.26. The number of hydrogen-bond donors (Lipinski definition) is 3. The van der Waals surface area contributed by atoms with E-state index in [9.17, 15) is 5.11 Å². The van der Waals surface area contributed by atoms with E-state index in [4.69, 9.17) is 21.5 Å².